The summed E-state index contributed by atoms with van der Waals surface area (Å²) in [4.78, 5) is 4.20. The van der Waals surface area contributed by atoms with Gasteiger partial charge in [0.25, 0.3) is 0 Å². The molecule has 1 atom stereocenters. The summed E-state index contributed by atoms with van der Waals surface area (Å²) in [5.41, 5.74) is 6.59. The number of fused-ring (bicyclic) bond motifs is 1. The summed E-state index contributed by atoms with van der Waals surface area (Å²) in [6, 6.07) is 22.8. The van der Waals surface area contributed by atoms with Crippen LogP contribution in [0.3, 0.4) is 0 Å². The van der Waals surface area contributed by atoms with E-state index in [1.54, 1.807) is 0 Å². The van der Waals surface area contributed by atoms with Crippen molar-refractivity contribution in [2.75, 3.05) is 0 Å². The minimum absolute atomic E-state index is 0. The summed E-state index contributed by atoms with van der Waals surface area (Å²) in [5.74, 6) is 0.315. The molecule has 2 heterocycles. The molecule has 0 radical (unpaired) electrons. The predicted molar refractivity (Wildman–Crippen MR) is 130 cm³/mol. The molecule has 1 unspecified atom stereocenters. The molecule has 2 aromatic heterocycles. The minimum atomic E-state index is 0. The van der Waals surface area contributed by atoms with Crippen LogP contribution < -0.4 is 0 Å². The van der Waals surface area contributed by atoms with Crippen LogP contribution in [0.5, 0.6) is 0 Å². The highest BCUT2D eigenvalue weighted by Crippen LogP contribution is 2.36. The molecule has 0 bridgehead atoms. The lowest BCUT2D eigenvalue weighted by atomic mass is 9.85. The van der Waals surface area contributed by atoms with E-state index in [9.17, 15) is 0 Å². The van der Waals surface area contributed by atoms with E-state index in [4.69, 9.17) is 5.10 Å². The third-order valence-electron chi connectivity index (χ3n) is 6.61. The molecule has 31 heavy (non-hydrogen) atoms. The Morgan fingerprint density at radius 3 is 2.39 bits per heavy atom. The maximum atomic E-state index is 5.06. The van der Waals surface area contributed by atoms with E-state index in [0.717, 1.165) is 12.8 Å². The van der Waals surface area contributed by atoms with Gasteiger partial charge in [0.2, 0.25) is 0 Å². The number of pyridine rings is 1. The molecule has 160 valence electrons. The number of aromatic nitrogens is 3. The summed E-state index contributed by atoms with van der Waals surface area (Å²) in [6.45, 7) is 2.21. The van der Waals surface area contributed by atoms with Crippen molar-refractivity contribution < 1.29 is 0 Å². The number of benzene rings is 2. The van der Waals surface area contributed by atoms with Gasteiger partial charge in [-0.3, -0.25) is 9.67 Å². The summed E-state index contributed by atoms with van der Waals surface area (Å²) in [6.07, 6.45) is 10.9. The average Bonchev–Trinajstić information content (AvgIpc) is 3.46. The van der Waals surface area contributed by atoms with Gasteiger partial charge in [-0.25, -0.2) is 0 Å². The first-order valence-electron chi connectivity index (χ1n) is 11.3. The van der Waals surface area contributed by atoms with Crippen molar-refractivity contribution in [3.8, 4) is 0 Å². The largest absolute Gasteiger partial charge is 0.265 e. The second kappa shape index (κ2) is 9.65. The smallest absolute Gasteiger partial charge is 0.0700 e. The molecule has 1 aliphatic carbocycles. The second-order valence-corrected chi connectivity index (χ2v) is 8.48. The van der Waals surface area contributed by atoms with Crippen LogP contribution in [0, 0.1) is 0 Å². The van der Waals surface area contributed by atoms with Crippen LogP contribution >= 0.6 is 12.4 Å². The van der Waals surface area contributed by atoms with E-state index >= 15 is 0 Å². The molecule has 0 saturated heterocycles. The van der Waals surface area contributed by atoms with Crippen molar-refractivity contribution in [3.05, 3.63) is 95.4 Å². The van der Waals surface area contributed by atoms with Crippen LogP contribution in [-0.2, 0) is 12.8 Å². The van der Waals surface area contributed by atoms with Crippen molar-refractivity contribution in [2.24, 2.45) is 0 Å². The Morgan fingerprint density at radius 2 is 1.68 bits per heavy atom. The van der Waals surface area contributed by atoms with Crippen molar-refractivity contribution in [1.82, 2.24) is 14.8 Å². The van der Waals surface area contributed by atoms with Gasteiger partial charge < -0.3 is 0 Å². The summed E-state index contributed by atoms with van der Waals surface area (Å²) in [5, 5.41) is 6.38. The van der Waals surface area contributed by atoms with Gasteiger partial charge in [-0.15, -0.1) is 12.4 Å². The standard InChI is InChI=1S/C27H29N3.ClH/c1-2-26-24-13-12-22(19-27(24)30(29-26)23-10-6-7-11-23)25(21-8-4-3-5-9-21)18-20-14-16-28-17-15-20;/h3-5,8-9,12-17,19,23,25H,2,6-7,10-11,18H2,1H3;1H. The van der Waals surface area contributed by atoms with Crippen LogP contribution in [0.25, 0.3) is 10.9 Å². The van der Waals surface area contributed by atoms with Gasteiger partial charge in [0.1, 0.15) is 0 Å². The van der Waals surface area contributed by atoms with Crippen molar-refractivity contribution >= 4 is 23.3 Å². The van der Waals surface area contributed by atoms with Crippen molar-refractivity contribution in [2.45, 2.75) is 57.4 Å². The number of hydrogen-bond acceptors (Lipinski definition) is 2. The van der Waals surface area contributed by atoms with E-state index < -0.39 is 0 Å². The zero-order valence-electron chi connectivity index (χ0n) is 18.1. The van der Waals surface area contributed by atoms with Gasteiger partial charge in [-0.2, -0.15) is 5.10 Å². The topological polar surface area (TPSA) is 30.7 Å². The third kappa shape index (κ3) is 4.38. The molecule has 4 aromatic rings. The Hall–Kier alpha value is -2.65. The van der Waals surface area contributed by atoms with Crippen LogP contribution in [0.1, 0.15) is 67.0 Å². The fraction of sp³-hybridized carbons (Fsp3) is 0.333. The normalized spacial score (nSPS) is 15.1. The predicted octanol–water partition coefficient (Wildman–Crippen LogP) is 6.91. The fourth-order valence-electron chi connectivity index (χ4n) is 4.99. The van der Waals surface area contributed by atoms with Gasteiger partial charge >= 0.3 is 0 Å². The minimum Gasteiger partial charge on any atom is -0.265 e. The molecule has 1 fully saturated rings. The summed E-state index contributed by atoms with van der Waals surface area (Å²) in [7, 11) is 0. The maximum Gasteiger partial charge on any atom is 0.0700 e. The Morgan fingerprint density at radius 1 is 0.935 bits per heavy atom. The average molecular weight is 432 g/mol. The molecule has 0 N–H and O–H groups in total. The molecule has 5 rings (SSSR count). The van der Waals surface area contributed by atoms with Crippen LogP contribution in [0.15, 0.2) is 73.1 Å². The third-order valence-corrected chi connectivity index (χ3v) is 6.61. The van der Waals surface area contributed by atoms with E-state index in [0.29, 0.717) is 12.0 Å². The lowest BCUT2D eigenvalue weighted by Crippen LogP contribution is -2.08. The molecule has 0 aliphatic heterocycles. The highest BCUT2D eigenvalue weighted by atomic mass is 35.5. The van der Waals surface area contributed by atoms with Crippen LogP contribution in [-0.4, -0.2) is 14.8 Å². The van der Waals surface area contributed by atoms with Gasteiger partial charge in [-0.05, 0) is 60.6 Å². The molecule has 0 spiro atoms. The van der Waals surface area contributed by atoms with E-state index in [1.807, 2.05) is 12.4 Å². The van der Waals surface area contributed by atoms with E-state index in [2.05, 4.69) is 77.3 Å². The molecular formula is C27H30ClN3. The monoisotopic (exact) mass is 431 g/mol. The van der Waals surface area contributed by atoms with Gasteiger partial charge in [0.05, 0.1) is 17.3 Å². The first-order chi connectivity index (χ1) is 14.8. The Labute approximate surface area is 190 Å². The fourth-order valence-corrected chi connectivity index (χ4v) is 4.99. The highest BCUT2D eigenvalue weighted by Gasteiger charge is 2.23. The quantitative estimate of drug-likeness (QED) is 0.332. The molecular weight excluding hydrogens is 402 g/mol. The Kier molecular flexibility index (Phi) is 6.72. The lowest BCUT2D eigenvalue weighted by Gasteiger charge is -2.19. The van der Waals surface area contributed by atoms with Crippen molar-refractivity contribution in [3.63, 3.8) is 0 Å². The SMILES string of the molecule is CCc1nn(C2CCCC2)c2cc(C(Cc3ccncc3)c3ccccc3)ccc12.Cl. The molecule has 3 nitrogen and oxygen atoms in total. The number of hydrogen-bond donors (Lipinski definition) is 0. The summed E-state index contributed by atoms with van der Waals surface area (Å²) >= 11 is 0. The maximum absolute atomic E-state index is 5.06. The molecule has 1 saturated carbocycles. The van der Waals surface area contributed by atoms with E-state index in [1.165, 1.54) is 59.0 Å². The van der Waals surface area contributed by atoms with E-state index in [-0.39, 0.29) is 12.4 Å². The van der Waals surface area contributed by atoms with Crippen molar-refractivity contribution in [1.29, 1.82) is 0 Å². The number of halogens is 1. The van der Waals surface area contributed by atoms with Gasteiger partial charge in [0, 0.05) is 23.7 Å². The number of rotatable bonds is 6. The molecule has 2 aromatic carbocycles. The Balaban J connectivity index is 0.00000231. The first kappa shape index (κ1) is 21.6. The van der Waals surface area contributed by atoms with Crippen LogP contribution in [0.2, 0.25) is 0 Å². The zero-order chi connectivity index (χ0) is 20.3. The molecule has 0 amide bonds. The summed E-state index contributed by atoms with van der Waals surface area (Å²) < 4.78 is 2.35. The number of nitrogens with zero attached hydrogens (tertiary/aromatic N) is 3. The second-order valence-electron chi connectivity index (χ2n) is 8.48. The van der Waals surface area contributed by atoms with Crippen LogP contribution in [0.4, 0.5) is 0 Å². The number of aryl methyl sites for hydroxylation is 1. The highest BCUT2D eigenvalue weighted by molar-refractivity contribution is 5.85. The lowest BCUT2D eigenvalue weighted by molar-refractivity contribution is 0.477. The van der Waals surface area contributed by atoms with Gasteiger partial charge in [-0.1, -0.05) is 62.2 Å². The zero-order valence-corrected chi connectivity index (χ0v) is 18.9. The molecule has 1 aliphatic rings. The van der Waals surface area contributed by atoms with Gasteiger partial charge in [0.15, 0.2) is 0 Å². The first-order valence-corrected chi connectivity index (χ1v) is 11.3. The Bertz CT molecular complexity index is 1120. The molecule has 4 heteroatoms.